The monoisotopic (exact) mass is 454 g/mol. The van der Waals surface area contributed by atoms with Crippen LogP contribution in [-0.4, -0.2) is 28.4 Å². The molecule has 0 unspecified atom stereocenters. The maximum absolute atomic E-state index is 13.0. The standard InChI is InChI=1S/C26H22N4O4/c1-17-21(15-28-30(17)19-7-3-2-4-8-19)26(32)29-22-10-6-5-9-20(22)25(31)27-14-18-11-12-23-24(13-18)34-16-33-23/h2-13,15H,14,16H2,1H3,(H,27,31)(H,29,32). The molecule has 8 nitrogen and oxygen atoms in total. The van der Waals surface area contributed by atoms with Crippen LogP contribution in [0.25, 0.3) is 5.69 Å². The summed E-state index contributed by atoms with van der Waals surface area (Å²) in [5.74, 6) is 0.709. The minimum absolute atomic E-state index is 0.196. The van der Waals surface area contributed by atoms with Crippen LogP contribution in [0.3, 0.4) is 0 Å². The molecule has 0 saturated heterocycles. The summed E-state index contributed by atoms with van der Waals surface area (Å²) in [4.78, 5) is 25.9. The van der Waals surface area contributed by atoms with Crippen molar-refractivity contribution < 1.29 is 19.1 Å². The van der Waals surface area contributed by atoms with Crippen LogP contribution < -0.4 is 20.1 Å². The number of carbonyl (C=O) groups excluding carboxylic acids is 2. The Balaban J connectivity index is 1.30. The minimum atomic E-state index is -0.337. The Morgan fingerprint density at radius 2 is 1.68 bits per heavy atom. The van der Waals surface area contributed by atoms with Crippen LogP contribution in [0.4, 0.5) is 5.69 Å². The van der Waals surface area contributed by atoms with E-state index in [0.717, 1.165) is 11.3 Å². The highest BCUT2D eigenvalue weighted by Crippen LogP contribution is 2.32. The van der Waals surface area contributed by atoms with Crippen molar-refractivity contribution in [2.75, 3.05) is 12.1 Å². The van der Waals surface area contributed by atoms with Gasteiger partial charge in [0.15, 0.2) is 11.5 Å². The molecule has 34 heavy (non-hydrogen) atoms. The highest BCUT2D eigenvalue weighted by atomic mass is 16.7. The Morgan fingerprint density at radius 3 is 2.53 bits per heavy atom. The molecule has 0 spiro atoms. The van der Waals surface area contributed by atoms with Crippen molar-refractivity contribution in [3.8, 4) is 17.2 Å². The summed E-state index contributed by atoms with van der Waals surface area (Å²) in [7, 11) is 0. The van der Waals surface area contributed by atoms with E-state index in [9.17, 15) is 9.59 Å². The summed E-state index contributed by atoms with van der Waals surface area (Å²) in [5.41, 5.74) is 3.66. The van der Waals surface area contributed by atoms with Gasteiger partial charge in [-0.25, -0.2) is 4.68 Å². The average Bonchev–Trinajstić information content (AvgIpc) is 3.49. The third-order valence-corrected chi connectivity index (χ3v) is 5.57. The maximum atomic E-state index is 13.0. The Hall–Kier alpha value is -4.59. The molecule has 5 rings (SSSR count). The van der Waals surface area contributed by atoms with E-state index in [4.69, 9.17) is 9.47 Å². The topological polar surface area (TPSA) is 94.5 Å². The Kier molecular flexibility index (Phi) is 5.70. The molecule has 0 atom stereocenters. The second-order valence-corrected chi connectivity index (χ2v) is 7.76. The van der Waals surface area contributed by atoms with E-state index in [0.29, 0.717) is 40.6 Å². The third kappa shape index (κ3) is 4.21. The first-order chi connectivity index (χ1) is 16.6. The molecular weight excluding hydrogens is 432 g/mol. The summed E-state index contributed by atoms with van der Waals surface area (Å²) < 4.78 is 12.4. The van der Waals surface area contributed by atoms with Crippen LogP contribution >= 0.6 is 0 Å². The normalized spacial score (nSPS) is 11.8. The summed E-state index contributed by atoms with van der Waals surface area (Å²) >= 11 is 0. The highest BCUT2D eigenvalue weighted by molar-refractivity contribution is 6.09. The SMILES string of the molecule is Cc1c(C(=O)Nc2ccccc2C(=O)NCc2ccc3c(c2)OCO3)cnn1-c1ccccc1. The van der Waals surface area contributed by atoms with Gasteiger partial charge in [0.05, 0.1) is 34.4 Å². The second kappa shape index (κ2) is 9.11. The molecule has 0 bridgehead atoms. The molecular formula is C26H22N4O4. The molecule has 8 heteroatoms. The number of hydrogen-bond acceptors (Lipinski definition) is 5. The Bertz CT molecular complexity index is 1360. The van der Waals surface area contributed by atoms with Crippen molar-refractivity contribution in [2.45, 2.75) is 13.5 Å². The number of para-hydroxylation sites is 2. The number of fused-ring (bicyclic) bond motifs is 1. The molecule has 2 heterocycles. The first-order valence-corrected chi connectivity index (χ1v) is 10.8. The lowest BCUT2D eigenvalue weighted by Crippen LogP contribution is -2.25. The van der Waals surface area contributed by atoms with Crippen LogP contribution in [0.1, 0.15) is 32.0 Å². The Labute approximate surface area is 196 Å². The van der Waals surface area contributed by atoms with Crippen molar-refractivity contribution in [1.82, 2.24) is 15.1 Å². The van der Waals surface area contributed by atoms with Gasteiger partial charge >= 0.3 is 0 Å². The second-order valence-electron chi connectivity index (χ2n) is 7.76. The fourth-order valence-electron chi connectivity index (χ4n) is 3.77. The van der Waals surface area contributed by atoms with Gasteiger partial charge in [-0.05, 0) is 48.9 Å². The zero-order valence-corrected chi connectivity index (χ0v) is 18.4. The van der Waals surface area contributed by atoms with E-state index in [1.54, 1.807) is 28.9 Å². The number of hydrogen-bond donors (Lipinski definition) is 2. The number of nitrogens with zero attached hydrogens (tertiary/aromatic N) is 2. The van der Waals surface area contributed by atoms with Gasteiger partial charge in [-0.15, -0.1) is 0 Å². The zero-order valence-electron chi connectivity index (χ0n) is 18.4. The van der Waals surface area contributed by atoms with Gasteiger partial charge in [-0.1, -0.05) is 36.4 Å². The van der Waals surface area contributed by atoms with Crippen molar-refractivity contribution in [1.29, 1.82) is 0 Å². The van der Waals surface area contributed by atoms with Gasteiger partial charge in [-0.2, -0.15) is 5.10 Å². The van der Waals surface area contributed by atoms with Crippen molar-refractivity contribution in [3.05, 3.63) is 101 Å². The number of ether oxygens (including phenoxy) is 2. The maximum Gasteiger partial charge on any atom is 0.259 e. The zero-order chi connectivity index (χ0) is 23.5. The number of nitrogens with one attached hydrogen (secondary N) is 2. The predicted molar refractivity (Wildman–Crippen MR) is 126 cm³/mol. The summed E-state index contributed by atoms with van der Waals surface area (Å²) in [5, 5.41) is 10.1. The summed E-state index contributed by atoms with van der Waals surface area (Å²) in [6, 6.07) is 22.0. The van der Waals surface area contributed by atoms with Gasteiger partial charge in [0.2, 0.25) is 6.79 Å². The van der Waals surface area contributed by atoms with Crippen molar-refractivity contribution >= 4 is 17.5 Å². The lowest BCUT2D eigenvalue weighted by molar-refractivity contribution is 0.0951. The quantitative estimate of drug-likeness (QED) is 0.458. The number of benzene rings is 3. The van der Waals surface area contributed by atoms with Crippen LogP contribution in [0.15, 0.2) is 79.0 Å². The van der Waals surface area contributed by atoms with E-state index in [2.05, 4.69) is 15.7 Å². The molecule has 1 aliphatic heterocycles. The van der Waals surface area contributed by atoms with Crippen LogP contribution in [-0.2, 0) is 6.54 Å². The first-order valence-electron chi connectivity index (χ1n) is 10.8. The third-order valence-electron chi connectivity index (χ3n) is 5.57. The van der Waals surface area contributed by atoms with Gasteiger partial charge in [0, 0.05) is 6.54 Å². The van der Waals surface area contributed by atoms with Gasteiger partial charge in [0.1, 0.15) is 0 Å². The van der Waals surface area contributed by atoms with E-state index in [1.165, 1.54) is 6.20 Å². The van der Waals surface area contributed by atoms with Crippen LogP contribution in [0.2, 0.25) is 0 Å². The highest BCUT2D eigenvalue weighted by Gasteiger charge is 2.19. The van der Waals surface area contributed by atoms with E-state index in [1.807, 2.05) is 55.5 Å². The van der Waals surface area contributed by atoms with E-state index >= 15 is 0 Å². The molecule has 4 aromatic rings. The van der Waals surface area contributed by atoms with Gasteiger partial charge < -0.3 is 20.1 Å². The molecule has 170 valence electrons. The first kappa shape index (κ1) is 21.3. The lowest BCUT2D eigenvalue weighted by atomic mass is 10.1. The summed E-state index contributed by atoms with van der Waals surface area (Å²) in [6.45, 7) is 2.33. The fraction of sp³-hybridized carbons (Fsp3) is 0.115. The molecule has 0 fully saturated rings. The number of amides is 2. The van der Waals surface area contributed by atoms with Crippen LogP contribution in [0.5, 0.6) is 11.5 Å². The number of carbonyl (C=O) groups is 2. The predicted octanol–water partition coefficient (Wildman–Crippen LogP) is 4.09. The fourth-order valence-corrected chi connectivity index (χ4v) is 3.77. The largest absolute Gasteiger partial charge is 0.454 e. The van der Waals surface area contributed by atoms with E-state index in [-0.39, 0.29) is 18.6 Å². The minimum Gasteiger partial charge on any atom is -0.454 e. The van der Waals surface area contributed by atoms with Gasteiger partial charge in [-0.3, -0.25) is 9.59 Å². The molecule has 1 aromatic heterocycles. The molecule has 2 N–H and O–H groups in total. The number of rotatable bonds is 6. The van der Waals surface area contributed by atoms with Gasteiger partial charge in [0.25, 0.3) is 11.8 Å². The summed E-state index contributed by atoms with van der Waals surface area (Å²) in [6.07, 6.45) is 1.53. The number of anilines is 1. The molecule has 3 aromatic carbocycles. The average molecular weight is 454 g/mol. The molecule has 2 amide bonds. The molecule has 0 radical (unpaired) electrons. The molecule has 0 aliphatic carbocycles. The van der Waals surface area contributed by atoms with Crippen molar-refractivity contribution in [2.24, 2.45) is 0 Å². The lowest BCUT2D eigenvalue weighted by Gasteiger charge is -2.12. The van der Waals surface area contributed by atoms with E-state index < -0.39 is 0 Å². The Morgan fingerprint density at radius 1 is 0.912 bits per heavy atom. The van der Waals surface area contributed by atoms with Crippen LogP contribution in [0, 0.1) is 6.92 Å². The van der Waals surface area contributed by atoms with Crippen molar-refractivity contribution in [3.63, 3.8) is 0 Å². The molecule has 1 aliphatic rings. The smallest absolute Gasteiger partial charge is 0.259 e. The number of aromatic nitrogens is 2. The molecule has 0 saturated carbocycles.